The van der Waals surface area contributed by atoms with E-state index in [1.54, 1.807) is 31.2 Å². The highest BCUT2D eigenvalue weighted by Gasteiger charge is 2.37. The lowest BCUT2D eigenvalue weighted by molar-refractivity contribution is -0.143. The van der Waals surface area contributed by atoms with E-state index in [1.807, 2.05) is 19.1 Å². The number of halogens is 6. The minimum atomic E-state index is -4.84. The fourth-order valence-electron chi connectivity index (χ4n) is 2.51. The van der Waals surface area contributed by atoms with Crippen LogP contribution in [0.25, 0.3) is 6.08 Å². The third-order valence-corrected chi connectivity index (χ3v) is 3.91. The molecule has 2 aromatic carbocycles. The van der Waals surface area contributed by atoms with Crippen LogP contribution in [0.4, 0.5) is 26.3 Å². The average molecular weight is 358 g/mol. The normalized spacial score (nSPS) is 14.1. The molecule has 0 amide bonds. The minimum Gasteiger partial charge on any atom is -0.166 e. The summed E-state index contributed by atoms with van der Waals surface area (Å²) < 4.78 is 77.8. The first-order valence-electron chi connectivity index (χ1n) is 7.54. The van der Waals surface area contributed by atoms with E-state index < -0.39 is 29.4 Å². The quantitative estimate of drug-likeness (QED) is 0.523. The Morgan fingerprint density at radius 2 is 1.24 bits per heavy atom. The van der Waals surface area contributed by atoms with E-state index in [0.29, 0.717) is 5.56 Å². The van der Waals surface area contributed by atoms with E-state index in [4.69, 9.17) is 0 Å². The maximum atomic E-state index is 13.0. The van der Waals surface area contributed by atoms with Gasteiger partial charge in [-0.3, -0.25) is 0 Å². The maximum absolute atomic E-state index is 13.0. The molecule has 0 heterocycles. The lowest BCUT2D eigenvalue weighted by Crippen LogP contribution is -2.12. The molecule has 2 aromatic rings. The second kappa shape index (κ2) is 6.94. The zero-order valence-corrected chi connectivity index (χ0v) is 13.5. The third kappa shape index (κ3) is 4.65. The number of rotatable bonds is 3. The Hall–Kier alpha value is -2.24. The Bertz CT molecular complexity index is 719. The van der Waals surface area contributed by atoms with Crippen molar-refractivity contribution < 1.29 is 26.3 Å². The first kappa shape index (κ1) is 19.1. The van der Waals surface area contributed by atoms with Gasteiger partial charge >= 0.3 is 12.4 Å². The molecule has 0 unspecified atom stereocenters. The molecule has 0 bridgehead atoms. The zero-order valence-electron chi connectivity index (χ0n) is 13.5. The predicted molar refractivity (Wildman–Crippen MR) is 85.1 cm³/mol. The summed E-state index contributed by atoms with van der Waals surface area (Å²) in [5.41, 5.74) is -1.08. The minimum absolute atomic E-state index is 0.0269. The van der Waals surface area contributed by atoms with Crippen molar-refractivity contribution in [1.82, 2.24) is 0 Å². The van der Waals surface area contributed by atoms with E-state index >= 15 is 0 Å². The molecular formula is C19H16F6. The fraction of sp³-hybridized carbons (Fsp3) is 0.263. The number of allylic oxidation sites excluding steroid dienone is 1. The van der Waals surface area contributed by atoms with Gasteiger partial charge in [-0.25, -0.2) is 0 Å². The highest BCUT2D eigenvalue weighted by atomic mass is 19.4. The molecule has 0 aliphatic heterocycles. The Kier molecular flexibility index (Phi) is 5.30. The second-order valence-corrected chi connectivity index (χ2v) is 5.73. The third-order valence-electron chi connectivity index (χ3n) is 3.91. The van der Waals surface area contributed by atoms with Crippen LogP contribution in [0.1, 0.15) is 47.6 Å². The summed E-state index contributed by atoms with van der Waals surface area (Å²) in [6.07, 6.45) is -6.00. The molecule has 0 saturated carbocycles. The van der Waals surface area contributed by atoms with Crippen LogP contribution in [-0.2, 0) is 12.4 Å². The molecule has 25 heavy (non-hydrogen) atoms. The molecule has 0 radical (unpaired) electrons. The van der Waals surface area contributed by atoms with Gasteiger partial charge < -0.3 is 0 Å². The number of benzene rings is 2. The molecule has 0 aliphatic rings. The van der Waals surface area contributed by atoms with E-state index in [2.05, 4.69) is 0 Å². The Morgan fingerprint density at radius 1 is 0.760 bits per heavy atom. The van der Waals surface area contributed by atoms with Gasteiger partial charge in [0.1, 0.15) is 0 Å². The summed E-state index contributed by atoms with van der Waals surface area (Å²) in [6, 6.07) is 8.64. The SMILES string of the molecule is CC=Cc1ccc([C@H](C)c2cc(C(F)(F)F)cc(C(F)(F)F)c2)cc1. The van der Waals surface area contributed by atoms with Crippen molar-refractivity contribution in [3.05, 3.63) is 76.4 Å². The molecular weight excluding hydrogens is 342 g/mol. The van der Waals surface area contributed by atoms with Crippen molar-refractivity contribution in [2.75, 3.05) is 0 Å². The average Bonchev–Trinajstić information content (AvgIpc) is 2.53. The van der Waals surface area contributed by atoms with Crippen molar-refractivity contribution in [3.8, 4) is 0 Å². The summed E-state index contributed by atoms with van der Waals surface area (Å²) in [4.78, 5) is 0. The zero-order chi connectivity index (χ0) is 18.8. The summed E-state index contributed by atoms with van der Waals surface area (Å²) in [5.74, 6) is -0.608. The smallest absolute Gasteiger partial charge is 0.166 e. The van der Waals surface area contributed by atoms with Crippen LogP contribution in [0.3, 0.4) is 0 Å². The Morgan fingerprint density at radius 3 is 1.64 bits per heavy atom. The van der Waals surface area contributed by atoms with Gasteiger partial charge in [0.25, 0.3) is 0 Å². The highest BCUT2D eigenvalue weighted by Crippen LogP contribution is 2.38. The van der Waals surface area contributed by atoms with Crippen LogP contribution in [0.5, 0.6) is 0 Å². The van der Waals surface area contributed by atoms with Gasteiger partial charge in [0.2, 0.25) is 0 Å². The summed E-state index contributed by atoms with van der Waals surface area (Å²) in [5, 5.41) is 0. The predicted octanol–water partition coefficient (Wildman–Crippen LogP) is 6.91. The van der Waals surface area contributed by atoms with Gasteiger partial charge in [0.15, 0.2) is 0 Å². The maximum Gasteiger partial charge on any atom is 0.416 e. The lowest BCUT2D eigenvalue weighted by Gasteiger charge is -2.18. The van der Waals surface area contributed by atoms with E-state index in [-0.39, 0.29) is 11.6 Å². The highest BCUT2D eigenvalue weighted by molar-refractivity contribution is 5.50. The summed E-state index contributed by atoms with van der Waals surface area (Å²) >= 11 is 0. The molecule has 1 atom stereocenters. The summed E-state index contributed by atoms with van der Waals surface area (Å²) in [7, 11) is 0. The number of hydrogen-bond acceptors (Lipinski definition) is 0. The van der Waals surface area contributed by atoms with Crippen LogP contribution >= 0.6 is 0 Å². The van der Waals surface area contributed by atoms with Crippen LogP contribution in [0, 0.1) is 0 Å². The molecule has 0 spiro atoms. The van der Waals surface area contributed by atoms with Gasteiger partial charge in [-0.15, -0.1) is 0 Å². The first-order chi connectivity index (χ1) is 11.5. The monoisotopic (exact) mass is 358 g/mol. The molecule has 134 valence electrons. The van der Waals surface area contributed by atoms with E-state index in [9.17, 15) is 26.3 Å². The molecule has 0 aromatic heterocycles. The molecule has 2 rings (SSSR count). The topological polar surface area (TPSA) is 0 Å². The van der Waals surface area contributed by atoms with Crippen LogP contribution in [0.15, 0.2) is 48.5 Å². The van der Waals surface area contributed by atoms with Crippen molar-refractivity contribution in [2.24, 2.45) is 0 Å². The molecule has 0 saturated heterocycles. The van der Waals surface area contributed by atoms with Crippen LogP contribution in [0.2, 0.25) is 0 Å². The van der Waals surface area contributed by atoms with E-state index in [0.717, 1.165) is 17.7 Å². The summed E-state index contributed by atoms with van der Waals surface area (Å²) in [6.45, 7) is 3.43. The van der Waals surface area contributed by atoms with Gasteiger partial charge in [-0.1, -0.05) is 43.3 Å². The molecule has 0 nitrogen and oxygen atoms in total. The molecule has 0 N–H and O–H groups in total. The van der Waals surface area contributed by atoms with Gasteiger partial charge in [-0.2, -0.15) is 26.3 Å². The lowest BCUT2D eigenvalue weighted by atomic mass is 9.90. The van der Waals surface area contributed by atoms with E-state index in [1.165, 1.54) is 0 Å². The number of hydrogen-bond donors (Lipinski definition) is 0. The van der Waals surface area contributed by atoms with Gasteiger partial charge in [-0.05, 0) is 41.8 Å². The van der Waals surface area contributed by atoms with Crippen LogP contribution in [-0.4, -0.2) is 0 Å². The number of alkyl halides is 6. The first-order valence-corrected chi connectivity index (χ1v) is 7.54. The van der Waals surface area contributed by atoms with Crippen LogP contribution < -0.4 is 0 Å². The largest absolute Gasteiger partial charge is 0.416 e. The van der Waals surface area contributed by atoms with Crippen molar-refractivity contribution in [2.45, 2.75) is 32.1 Å². The van der Waals surface area contributed by atoms with Gasteiger partial charge in [0.05, 0.1) is 11.1 Å². The Balaban J connectivity index is 2.49. The van der Waals surface area contributed by atoms with Crippen molar-refractivity contribution in [1.29, 1.82) is 0 Å². The molecule has 6 heteroatoms. The standard InChI is InChI=1S/C19H16F6/c1-3-4-13-5-7-14(8-6-13)12(2)15-9-16(18(20,21)22)11-17(10-15)19(23,24)25/h3-12H,1-2H3/t12-/m0/s1. The Labute approximate surface area is 141 Å². The molecule has 0 aliphatic carbocycles. The second-order valence-electron chi connectivity index (χ2n) is 5.73. The van der Waals surface area contributed by atoms with Crippen molar-refractivity contribution >= 4 is 6.08 Å². The van der Waals surface area contributed by atoms with Gasteiger partial charge in [0, 0.05) is 5.92 Å². The van der Waals surface area contributed by atoms with Crippen molar-refractivity contribution in [3.63, 3.8) is 0 Å². The molecule has 0 fully saturated rings. The fourth-order valence-corrected chi connectivity index (χ4v) is 2.51.